The highest BCUT2D eigenvalue weighted by Gasteiger charge is 2.29. The van der Waals surface area contributed by atoms with Crippen LogP contribution in [0.3, 0.4) is 0 Å². The van der Waals surface area contributed by atoms with Crippen molar-refractivity contribution in [2.45, 2.75) is 19.5 Å². The van der Waals surface area contributed by atoms with E-state index in [0.717, 1.165) is 11.5 Å². The van der Waals surface area contributed by atoms with Crippen molar-refractivity contribution in [1.29, 1.82) is 0 Å². The minimum absolute atomic E-state index is 0.0359. The third-order valence-corrected chi connectivity index (χ3v) is 3.29. The van der Waals surface area contributed by atoms with E-state index in [1.165, 1.54) is 0 Å². The SMILES string of the molecule is CNC(=O)C1COCCN1Cc1nc(C)cc(NC)n1. The molecule has 1 saturated heterocycles. The molecule has 1 aromatic rings. The first-order valence-corrected chi connectivity index (χ1v) is 6.69. The highest BCUT2D eigenvalue weighted by Crippen LogP contribution is 2.12. The molecule has 7 heteroatoms. The van der Waals surface area contributed by atoms with Crippen LogP contribution in [0.2, 0.25) is 0 Å². The van der Waals surface area contributed by atoms with E-state index in [1.54, 1.807) is 7.05 Å². The van der Waals surface area contributed by atoms with Gasteiger partial charge in [0.15, 0.2) is 0 Å². The van der Waals surface area contributed by atoms with Gasteiger partial charge in [0.1, 0.15) is 17.7 Å². The van der Waals surface area contributed by atoms with Crippen LogP contribution in [0.1, 0.15) is 11.5 Å². The molecule has 2 heterocycles. The van der Waals surface area contributed by atoms with Gasteiger partial charge >= 0.3 is 0 Å². The van der Waals surface area contributed by atoms with Crippen molar-refractivity contribution >= 4 is 11.7 Å². The number of hydrogen-bond acceptors (Lipinski definition) is 6. The number of carbonyl (C=O) groups excluding carboxylic acids is 1. The van der Waals surface area contributed by atoms with Crippen LogP contribution < -0.4 is 10.6 Å². The van der Waals surface area contributed by atoms with Crippen LogP contribution in [-0.2, 0) is 16.1 Å². The number of amides is 1. The molecule has 1 aliphatic heterocycles. The lowest BCUT2D eigenvalue weighted by Crippen LogP contribution is -2.52. The number of carbonyl (C=O) groups is 1. The van der Waals surface area contributed by atoms with Gasteiger partial charge < -0.3 is 15.4 Å². The highest BCUT2D eigenvalue weighted by atomic mass is 16.5. The van der Waals surface area contributed by atoms with Gasteiger partial charge in [-0.3, -0.25) is 9.69 Å². The van der Waals surface area contributed by atoms with Gasteiger partial charge in [0.25, 0.3) is 0 Å². The zero-order valence-electron chi connectivity index (χ0n) is 12.1. The van der Waals surface area contributed by atoms with Crippen LogP contribution in [0.25, 0.3) is 0 Å². The van der Waals surface area contributed by atoms with Gasteiger partial charge in [-0.2, -0.15) is 0 Å². The Hall–Kier alpha value is -1.73. The molecule has 0 radical (unpaired) electrons. The van der Waals surface area contributed by atoms with Gasteiger partial charge in [-0.05, 0) is 6.92 Å². The third kappa shape index (κ3) is 3.43. The van der Waals surface area contributed by atoms with Crippen LogP contribution in [0, 0.1) is 6.92 Å². The summed E-state index contributed by atoms with van der Waals surface area (Å²) in [6.45, 7) is 4.20. The summed E-state index contributed by atoms with van der Waals surface area (Å²) in [4.78, 5) is 22.8. The number of nitrogens with one attached hydrogen (secondary N) is 2. The standard InChI is InChI=1S/C13H21N5O2/c1-9-6-11(14-2)17-12(16-9)7-18-4-5-20-8-10(18)13(19)15-3/h6,10H,4-5,7-8H2,1-3H3,(H,15,19)(H,14,16,17). The largest absolute Gasteiger partial charge is 0.378 e. The number of likely N-dealkylation sites (N-methyl/N-ethyl adjacent to an activating group) is 1. The minimum Gasteiger partial charge on any atom is -0.378 e. The van der Waals surface area contributed by atoms with Crippen LogP contribution in [-0.4, -0.2) is 60.7 Å². The van der Waals surface area contributed by atoms with Gasteiger partial charge in [-0.25, -0.2) is 9.97 Å². The molecular weight excluding hydrogens is 258 g/mol. The highest BCUT2D eigenvalue weighted by molar-refractivity contribution is 5.81. The van der Waals surface area contributed by atoms with Crippen molar-refractivity contribution < 1.29 is 9.53 Å². The van der Waals surface area contributed by atoms with E-state index in [1.807, 2.05) is 20.0 Å². The molecule has 1 amide bonds. The maximum absolute atomic E-state index is 11.9. The molecule has 2 rings (SSSR count). The number of aromatic nitrogens is 2. The second-order valence-corrected chi connectivity index (χ2v) is 4.74. The Labute approximate surface area is 118 Å². The Bertz CT molecular complexity index is 480. The fourth-order valence-electron chi connectivity index (χ4n) is 2.25. The van der Waals surface area contributed by atoms with Crippen molar-refractivity contribution in [3.8, 4) is 0 Å². The summed E-state index contributed by atoms with van der Waals surface area (Å²) in [7, 11) is 3.46. The molecule has 20 heavy (non-hydrogen) atoms. The normalized spacial score (nSPS) is 19.6. The fourth-order valence-corrected chi connectivity index (χ4v) is 2.25. The van der Waals surface area contributed by atoms with E-state index >= 15 is 0 Å². The van der Waals surface area contributed by atoms with Crippen LogP contribution in [0.15, 0.2) is 6.07 Å². The lowest BCUT2D eigenvalue weighted by atomic mass is 10.2. The summed E-state index contributed by atoms with van der Waals surface area (Å²) in [6, 6.07) is 1.61. The molecule has 0 spiro atoms. The van der Waals surface area contributed by atoms with Crippen molar-refractivity contribution in [1.82, 2.24) is 20.2 Å². The second-order valence-electron chi connectivity index (χ2n) is 4.74. The quantitative estimate of drug-likeness (QED) is 0.793. The lowest BCUT2D eigenvalue weighted by molar-refractivity contribution is -0.132. The van der Waals surface area contributed by atoms with Gasteiger partial charge in [0.2, 0.25) is 5.91 Å². The zero-order chi connectivity index (χ0) is 14.5. The number of rotatable bonds is 4. The molecule has 1 atom stereocenters. The molecule has 1 fully saturated rings. The summed E-state index contributed by atoms with van der Waals surface area (Å²) in [5.74, 6) is 1.47. The Morgan fingerprint density at radius 2 is 2.30 bits per heavy atom. The Morgan fingerprint density at radius 1 is 1.50 bits per heavy atom. The number of aryl methyl sites for hydroxylation is 1. The first-order valence-electron chi connectivity index (χ1n) is 6.69. The molecule has 2 N–H and O–H groups in total. The van der Waals surface area contributed by atoms with E-state index in [-0.39, 0.29) is 11.9 Å². The average Bonchev–Trinajstić information content (AvgIpc) is 2.46. The van der Waals surface area contributed by atoms with Gasteiger partial charge in [0.05, 0.1) is 19.8 Å². The molecule has 1 aliphatic rings. The summed E-state index contributed by atoms with van der Waals surface area (Å²) < 4.78 is 5.39. The Morgan fingerprint density at radius 3 is 3.00 bits per heavy atom. The maximum Gasteiger partial charge on any atom is 0.239 e. The fraction of sp³-hybridized carbons (Fsp3) is 0.615. The zero-order valence-corrected chi connectivity index (χ0v) is 12.1. The topological polar surface area (TPSA) is 79.4 Å². The smallest absolute Gasteiger partial charge is 0.239 e. The average molecular weight is 279 g/mol. The van der Waals surface area contributed by atoms with E-state index < -0.39 is 0 Å². The van der Waals surface area contributed by atoms with Crippen molar-refractivity contribution in [3.05, 3.63) is 17.6 Å². The van der Waals surface area contributed by atoms with E-state index in [0.29, 0.717) is 32.1 Å². The summed E-state index contributed by atoms with van der Waals surface area (Å²) in [6.07, 6.45) is 0. The first kappa shape index (κ1) is 14.7. The number of nitrogens with zero attached hydrogens (tertiary/aromatic N) is 3. The summed E-state index contributed by atoms with van der Waals surface area (Å²) in [5, 5.41) is 5.69. The summed E-state index contributed by atoms with van der Waals surface area (Å²) >= 11 is 0. The van der Waals surface area contributed by atoms with E-state index in [9.17, 15) is 4.79 Å². The molecule has 0 aromatic carbocycles. The second kappa shape index (κ2) is 6.62. The predicted octanol–water partition coefficient (Wildman–Crippen LogP) is -0.226. The molecule has 0 aliphatic carbocycles. The van der Waals surface area contributed by atoms with Crippen molar-refractivity contribution in [3.63, 3.8) is 0 Å². The lowest BCUT2D eigenvalue weighted by Gasteiger charge is -2.33. The molecule has 1 aromatic heterocycles. The minimum atomic E-state index is -0.282. The Balaban J connectivity index is 2.14. The van der Waals surface area contributed by atoms with E-state index in [2.05, 4.69) is 25.5 Å². The van der Waals surface area contributed by atoms with Crippen LogP contribution in [0.5, 0.6) is 0 Å². The number of morpholine rings is 1. The number of hydrogen-bond donors (Lipinski definition) is 2. The molecule has 0 bridgehead atoms. The molecular formula is C13H21N5O2. The molecule has 1 unspecified atom stereocenters. The van der Waals surface area contributed by atoms with Gasteiger partial charge in [0, 0.05) is 32.4 Å². The first-order chi connectivity index (χ1) is 9.63. The van der Waals surface area contributed by atoms with Gasteiger partial charge in [-0.1, -0.05) is 0 Å². The molecule has 7 nitrogen and oxygen atoms in total. The van der Waals surface area contributed by atoms with Crippen LogP contribution in [0.4, 0.5) is 5.82 Å². The van der Waals surface area contributed by atoms with Crippen molar-refractivity contribution in [2.75, 3.05) is 39.2 Å². The van der Waals surface area contributed by atoms with Crippen LogP contribution >= 0.6 is 0 Å². The Kier molecular flexibility index (Phi) is 4.86. The molecule has 110 valence electrons. The van der Waals surface area contributed by atoms with Gasteiger partial charge in [-0.15, -0.1) is 0 Å². The third-order valence-electron chi connectivity index (χ3n) is 3.29. The maximum atomic E-state index is 11.9. The van der Waals surface area contributed by atoms with Crippen molar-refractivity contribution in [2.24, 2.45) is 0 Å². The monoisotopic (exact) mass is 279 g/mol. The number of ether oxygens (including phenoxy) is 1. The number of anilines is 1. The summed E-state index contributed by atoms with van der Waals surface area (Å²) in [5.41, 5.74) is 0.907. The molecule has 0 saturated carbocycles. The van der Waals surface area contributed by atoms with E-state index in [4.69, 9.17) is 4.74 Å². The predicted molar refractivity (Wildman–Crippen MR) is 75.4 cm³/mol.